The van der Waals surface area contributed by atoms with Crippen molar-refractivity contribution in [1.29, 1.82) is 0 Å². The SMILES string of the molecule is COc1ccc2c(n1)C(C)(C)N(c1cncc(N3CC4(CN(C(=O)c5cnccc5C)C4)C3)c1)C2=O. The van der Waals surface area contributed by atoms with E-state index >= 15 is 0 Å². The summed E-state index contributed by atoms with van der Waals surface area (Å²) in [4.78, 5) is 45.3. The van der Waals surface area contributed by atoms with Crippen LogP contribution in [0.25, 0.3) is 0 Å². The van der Waals surface area contributed by atoms with Crippen molar-refractivity contribution >= 4 is 23.2 Å². The highest BCUT2D eigenvalue weighted by Gasteiger charge is 2.53. The Morgan fingerprint density at radius 3 is 2.47 bits per heavy atom. The van der Waals surface area contributed by atoms with Gasteiger partial charge in [0.15, 0.2) is 0 Å². The van der Waals surface area contributed by atoms with Crippen LogP contribution in [0.5, 0.6) is 5.88 Å². The molecule has 0 radical (unpaired) electrons. The normalized spacial score (nSPS) is 19.1. The molecule has 9 heteroatoms. The monoisotopic (exact) mass is 484 g/mol. The number of pyridine rings is 3. The summed E-state index contributed by atoms with van der Waals surface area (Å²) in [6, 6.07) is 7.37. The van der Waals surface area contributed by atoms with E-state index in [1.807, 2.05) is 44.0 Å². The van der Waals surface area contributed by atoms with E-state index in [1.54, 1.807) is 42.7 Å². The lowest BCUT2D eigenvalue weighted by Gasteiger charge is -2.60. The summed E-state index contributed by atoms with van der Waals surface area (Å²) in [5.41, 5.74) is 4.07. The topological polar surface area (TPSA) is 91.8 Å². The minimum Gasteiger partial charge on any atom is -0.481 e. The van der Waals surface area contributed by atoms with Gasteiger partial charge in [0.25, 0.3) is 11.8 Å². The Hall–Kier alpha value is -4.01. The van der Waals surface area contributed by atoms with Crippen LogP contribution < -0.4 is 14.5 Å². The van der Waals surface area contributed by atoms with Crippen LogP contribution >= 0.6 is 0 Å². The summed E-state index contributed by atoms with van der Waals surface area (Å²) in [5.74, 6) is 0.442. The number of carbonyl (C=O) groups excluding carboxylic acids is 2. The average Bonchev–Trinajstić information content (AvgIpc) is 3.02. The first-order valence-corrected chi connectivity index (χ1v) is 12.0. The Labute approximate surface area is 209 Å². The summed E-state index contributed by atoms with van der Waals surface area (Å²) in [6.07, 6.45) is 6.91. The summed E-state index contributed by atoms with van der Waals surface area (Å²) in [7, 11) is 1.57. The zero-order chi connectivity index (χ0) is 25.2. The van der Waals surface area contributed by atoms with E-state index in [-0.39, 0.29) is 17.2 Å². The molecule has 0 unspecified atom stereocenters. The molecule has 9 nitrogen and oxygen atoms in total. The van der Waals surface area contributed by atoms with E-state index in [9.17, 15) is 9.59 Å². The number of aromatic nitrogens is 3. The van der Waals surface area contributed by atoms with Crippen LogP contribution in [0.15, 0.2) is 49.1 Å². The molecule has 3 aliphatic heterocycles. The summed E-state index contributed by atoms with van der Waals surface area (Å²) < 4.78 is 5.28. The Morgan fingerprint density at radius 1 is 1.00 bits per heavy atom. The van der Waals surface area contributed by atoms with Crippen molar-refractivity contribution in [2.24, 2.45) is 5.41 Å². The number of rotatable bonds is 4. The third-order valence-corrected chi connectivity index (χ3v) is 7.65. The minimum atomic E-state index is -0.642. The van der Waals surface area contributed by atoms with E-state index in [4.69, 9.17) is 4.74 Å². The van der Waals surface area contributed by atoms with Crippen molar-refractivity contribution in [2.75, 3.05) is 43.1 Å². The van der Waals surface area contributed by atoms with Gasteiger partial charge in [0.1, 0.15) is 0 Å². The standard InChI is InChI=1S/C27H28N6O3/c1-17-7-8-28-12-21(17)24(34)32-15-27(16-32)13-31(14-27)18-9-19(11-29-10-18)33-25(35)20-5-6-22(36-4)30-23(20)26(33,2)3/h5-12H,13-16H2,1-4H3. The highest BCUT2D eigenvalue weighted by atomic mass is 16.5. The number of hydrogen-bond donors (Lipinski definition) is 0. The summed E-state index contributed by atoms with van der Waals surface area (Å²) >= 11 is 0. The maximum atomic E-state index is 13.3. The lowest BCUT2D eigenvalue weighted by atomic mass is 9.72. The van der Waals surface area contributed by atoms with Crippen LogP contribution in [0.3, 0.4) is 0 Å². The number of amides is 2. The van der Waals surface area contributed by atoms with Gasteiger partial charge in [-0.25, -0.2) is 4.98 Å². The maximum absolute atomic E-state index is 13.3. The van der Waals surface area contributed by atoms with Gasteiger partial charge in [-0.15, -0.1) is 0 Å². The molecule has 3 aliphatic rings. The summed E-state index contributed by atoms with van der Waals surface area (Å²) in [5, 5.41) is 0. The van der Waals surface area contributed by atoms with E-state index < -0.39 is 5.54 Å². The van der Waals surface area contributed by atoms with Crippen molar-refractivity contribution in [3.05, 3.63) is 71.4 Å². The second-order valence-electron chi connectivity index (χ2n) is 10.6. The van der Waals surface area contributed by atoms with Crippen LogP contribution in [0.1, 0.15) is 45.8 Å². The molecule has 0 aliphatic carbocycles. The number of aryl methyl sites for hydroxylation is 1. The zero-order valence-electron chi connectivity index (χ0n) is 20.9. The molecule has 0 saturated carbocycles. The number of fused-ring (bicyclic) bond motifs is 1. The smallest absolute Gasteiger partial charge is 0.261 e. The molecule has 6 heterocycles. The van der Waals surface area contributed by atoms with Crippen LogP contribution in [0.4, 0.5) is 11.4 Å². The van der Waals surface area contributed by atoms with Crippen molar-refractivity contribution in [1.82, 2.24) is 19.9 Å². The maximum Gasteiger partial charge on any atom is 0.261 e. The molecule has 0 N–H and O–H groups in total. The Kier molecular flexibility index (Phi) is 4.83. The molecule has 2 fully saturated rings. The first-order valence-electron chi connectivity index (χ1n) is 12.0. The fourth-order valence-corrected chi connectivity index (χ4v) is 5.74. The van der Waals surface area contributed by atoms with Crippen LogP contribution in [0.2, 0.25) is 0 Å². The number of methoxy groups -OCH3 is 1. The number of nitrogens with zero attached hydrogens (tertiary/aromatic N) is 6. The van der Waals surface area contributed by atoms with Gasteiger partial charge in [-0.05, 0) is 44.5 Å². The molecule has 0 atom stereocenters. The second-order valence-corrected chi connectivity index (χ2v) is 10.6. The number of likely N-dealkylation sites (tertiary alicyclic amines) is 1. The predicted octanol–water partition coefficient (Wildman–Crippen LogP) is 3.05. The van der Waals surface area contributed by atoms with Crippen molar-refractivity contribution in [3.8, 4) is 5.88 Å². The highest BCUT2D eigenvalue weighted by molar-refractivity contribution is 6.11. The Balaban J connectivity index is 1.16. The van der Waals surface area contributed by atoms with E-state index in [0.29, 0.717) is 22.7 Å². The molecule has 184 valence electrons. The molecule has 0 bridgehead atoms. The van der Waals surface area contributed by atoms with Gasteiger partial charge in [0.05, 0.1) is 53.2 Å². The van der Waals surface area contributed by atoms with Gasteiger partial charge in [-0.1, -0.05) is 0 Å². The lowest BCUT2D eigenvalue weighted by molar-refractivity contribution is -0.0105. The quantitative estimate of drug-likeness (QED) is 0.562. The van der Waals surface area contributed by atoms with E-state index in [2.05, 4.69) is 19.9 Å². The number of hydrogen-bond acceptors (Lipinski definition) is 7. The van der Waals surface area contributed by atoms with Gasteiger partial charge in [-0.3, -0.25) is 24.5 Å². The number of anilines is 2. The fourth-order valence-electron chi connectivity index (χ4n) is 5.74. The Bertz CT molecular complexity index is 1390. The minimum absolute atomic E-state index is 0.0490. The molecule has 6 rings (SSSR count). The largest absolute Gasteiger partial charge is 0.481 e. The van der Waals surface area contributed by atoms with E-state index in [1.165, 1.54) is 0 Å². The molecule has 1 spiro atoms. The molecule has 2 saturated heterocycles. The third-order valence-electron chi connectivity index (χ3n) is 7.65. The zero-order valence-corrected chi connectivity index (χ0v) is 20.9. The van der Waals surface area contributed by atoms with Gasteiger partial charge in [0, 0.05) is 50.1 Å². The van der Waals surface area contributed by atoms with Crippen LogP contribution in [-0.4, -0.2) is 65.0 Å². The van der Waals surface area contributed by atoms with Gasteiger partial charge >= 0.3 is 0 Å². The van der Waals surface area contributed by atoms with Gasteiger partial charge in [-0.2, -0.15) is 0 Å². The number of carbonyl (C=O) groups is 2. The first kappa shape index (κ1) is 22.5. The first-order chi connectivity index (χ1) is 17.2. The molecule has 2 amide bonds. The summed E-state index contributed by atoms with van der Waals surface area (Å²) in [6.45, 7) is 9.09. The van der Waals surface area contributed by atoms with Crippen LogP contribution in [0, 0.1) is 12.3 Å². The van der Waals surface area contributed by atoms with E-state index in [0.717, 1.165) is 43.1 Å². The predicted molar refractivity (Wildman–Crippen MR) is 134 cm³/mol. The lowest BCUT2D eigenvalue weighted by Crippen LogP contribution is -2.73. The molecule has 0 aromatic carbocycles. The number of ether oxygens (including phenoxy) is 1. The second kappa shape index (κ2) is 7.74. The molecular formula is C27H28N6O3. The van der Waals surface area contributed by atoms with Crippen molar-refractivity contribution < 1.29 is 14.3 Å². The molecular weight excluding hydrogens is 456 g/mol. The van der Waals surface area contributed by atoms with Gasteiger partial charge < -0.3 is 14.5 Å². The molecule has 3 aromatic heterocycles. The fraction of sp³-hybridized carbons (Fsp3) is 0.370. The third kappa shape index (κ3) is 3.26. The van der Waals surface area contributed by atoms with Gasteiger partial charge in [0.2, 0.25) is 5.88 Å². The molecule has 3 aromatic rings. The van der Waals surface area contributed by atoms with Crippen LogP contribution in [-0.2, 0) is 5.54 Å². The van der Waals surface area contributed by atoms with Crippen molar-refractivity contribution in [2.45, 2.75) is 26.3 Å². The highest BCUT2D eigenvalue weighted by Crippen LogP contribution is 2.45. The Morgan fingerprint density at radius 2 is 1.75 bits per heavy atom. The van der Waals surface area contributed by atoms with Crippen molar-refractivity contribution in [3.63, 3.8) is 0 Å². The molecule has 36 heavy (non-hydrogen) atoms. The average molecular weight is 485 g/mol.